The van der Waals surface area contributed by atoms with E-state index in [4.69, 9.17) is 9.47 Å². The highest BCUT2D eigenvalue weighted by atomic mass is 16.5. The molecule has 0 N–H and O–H groups in total. The molecule has 4 unspecified atom stereocenters. The predicted molar refractivity (Wildman–Crippen MR) is 68.2 cm³/mol. The van der Waals surface area contributed by atoms with Crippen LogP contribution in [0.15, 0.2) is 0 Å². The van der Waals surface area contributed by atoms with Gasteiger partial charge in [0.25, 0.3) is 0 Å². The average Bonchev–Trinajstić information content (AvgIpc) is 3.27. The number of carbonyl (C=O) groups excluding carboxylic acids is 2. The minimum absolute atomic E-state index is 0.197. The lowest BCUT2D eigenvalue weighted by atomic mass is 9.58. The predicted octanol–water partition coefficient (Wildman–Crippen LogP) is 1.34. The molecule has 6 aliphatic rings. The van der Waals surface area contributed by atoms with Gasteiger partial charge in [-0.2, -0.15) is 0 Å². The number of methoxy groups -OCH3 is 2. The first-order valence-corrected chi connectivity index (χ1v) is 7.62. The molecule has 0 amide bonds. The van der Waals surface area contributed by atoms with Crippen LogP contribution in [0.5, 0.6) is 0 Å². The molecular formula is C16H20O4. The molecule has 0 aliphatic heterocycles. The van der Waals surface area contributed by atoms with Gasteiger partial charge in [-0.05, 0) is 46.3 Å². The Kier molecular flexibility index (Phi) is 1.62. The zero-order chi connectivity index (χ0) is 14.2. The Bertz CT molecular complexity index is 497. The van der Waals surface area contributed by atoms with Crippen LogP contribution < -0.4 is 0 Å². The highest BCUT2D eigenvalue weighted by Crippen LogP contribution is 3.03. The fourth-order valence-electron chi connectivity index (χ4n) is 7.85. The molecule has 2 bridgehead atoms. The van der Waals surface area contributed by atoms with Gasteiger partial charge >= 0.3 is 11.9 Å². The normalized spacial score (nSPS) is 65.8. The lowest BCUT2D eigenvalue weighted by Crippen LogP contribution is -2.51. The Labute approximate surface area is 118 Å². The summed E-state index contributed by atoms with van der Waals surface area (Å²) in [6, 6.07) is 0. The summed E-state index contributed by atoms with van der Waals surface area (Å²) in [5, 5.41) is 0. The summed E-state index contributed by atoms with van der Waals surface area (Å²) in [5.74, 6) is 2.42. The molecule has 4 nitrogen and oxygen atoms in total. The van der Waals surface area contributed by atoms with E-state index in [0.717, 1.165) is 0 Å². The van der Waals surface area contributed by atoms with Crippen molar-refractivity contribution in [2.24, 2.45) is 58.2 Å². The quantitative estimate of drug-likeness (QED) is 0.714. The highest BCUT2D eigenvalue weighted by molar-refractivity contribution is 5.85. The molecule has 10 atom stereocenters. The van der Waals surface area contributed by atoms with Crippen molar-refractivity contribution in [1.82, 2.24) is 0 Å². The maximum absolute atomic E-state index is 12.3. The van der Waals surface area contributed by atoms with Gasteiger partial charge in [-0.25, -0.2) is 0 Å². The molecule has 6 rings (SSSR count). The maximum atomic E-state index is 12.3. The minimum Gasteiger partial charge on any atom is -0.469 e. The summed E-state index contributed by atoms with van der Waals surface area (Å²) in [7, 11) is 2.87. The fraction of sp³-hybridized carbons (Fsp3) is 0.875. The van der Waals surface area contributed by atoms with Crippen LogP contribution >= 0.6 is 0 Å². The summed E-state index contributed by atoms with van der Waals surface area (Å²) in [6.45, 7) is 4.78. The largest absolute Gasteiger partial charge is 0.469 e. The zero-order valence-corrected chi connectivity index (χ0v) is 12.3. The van der Waals surface area contributed by atoms with E-state index in [9.17, 15) is 9.59 Å². The number of rotatable bonds is 2. The zero-order valence-electron chi connectivity index (χ0n) is 12.3. The first-order chi connectivity index (χ1) is 9.46. The van der Waals surface area contributed by atoms with E-state index in [1.54, 1.807) is 0 Å². The van der Waals surface area contributed by atoms with Crippen LogP contribution in [0.1, 0.15) is 13.8 Å². The Hall–Kier alpha value is -1.06. The Morgan fingerprint density at radius 1 is 0.750 bits per heavy atom. The number of esters is 2. The molecule has 108 valence electrons. The summed E-state index contributed by atoms with van der Waals surface area (Å²) in [4.78, 5) is 24.6. The summed E-state index contributed by atoms with van der Waals surface area (Å²) in [6.07, 6.45) is 0. The van der Waals surface area contributed by atoms with Gasteiger partial charge in [-0.15, -0.1) is 0 Å². The van der Waals surface area contributed by atoms with E-state index < -0.39 is 0 Å². The van der Waals surface area contributed by atoms with Crippen molar-refractivity contribution < 1.29 is 19.1 Å². The van der Waals surface area contributed by atoms with Gasteiger partial charge in [0, 0.05) is 0 Å². The molecule has 6 aliphatic carbocycles. The Morgan fingerprint density at radius 2 is 1.05 bits per heavy atom. The van der Waals surface area contributed by atoms with E-state index in [1.807, 2.05) is 0 Å². The smallest absolute Gasteiger partial charge is 0.309 e. The van der Waals surface area contributed by atoms with Crippen molar-refractivity contribution >= 4 is 11.9 Å². The third kappa shape index (κ3) is 0.746. The Balaban J connectivity index is 1.65. The second-order valence-corrected chi connectivity index (χ2v) is 7.92. The second-order valence-electron chi connectivity index (χ2n) is 7.92. The standard InChI is InChI=1S/C16H20O4/c1-15-9-7-5(13(17)19-3)6(14(18)20-4)8(10(9)15)12-11(7)16(12,15)2/h5-12H,1-4H3/t5-,6+,7?,8?,9-,10-,11+,12-,15?,16?/m0/s1. The van der Waals surface area contributed by atoms with Gasteiger partial charge in [-0.1, -0.05) is 13.8 Å². The van der Waals surface area contributed by atoms with E-state index in [2.05, 4.69) is 13.8 Å². The molecule has 0 aromatic heterocycles. The van der Waals surface area contributed by atoms with Crippen LogP contribution in [0, 0.1) is 58.2 Å². The molecule has 0 aromatic carbocycles. The number of carbonyl (C=O) groups is 2. The lowest BCUT2D eigenvalue weighted by molar-refractivity contribution is -0.171. The summed E-state index contributed by atoms with van der Waals surface area (Å²) in [5.41, 5.74) is 0.763. The van der Waals surface area contributed by atoms with Crippen LogP contribution in [-0.2, 0) is 19.1 Å². The molecule has 6 saturated carbocycles. The van der Waals surface area contributed by atoms with E-state index in [1.165, 1.54) is 14.2 Å². The maximum Gasteiger partial charge on any atom is 0.309 e. The van der Waals surface area contributed by atoms with Crippen LogP contribution in [0.25, 0.3) is 0 Å². The summed E-state index contributed by atoms with van der Waals surface area (Å²) < 4.78 is 10.1. The number of hydrogen-bond donors (Lipinski definition) is 0. The fourth-order valence-corrected chi connectivity index (χ4v) is 7.85. The molecule has 0 spiro atoms. The van der Waals surface area contributed by atoms with Gasteiger partial charge in [0.1, 0.15) is 0 Å². The van der Waals surface area contributed by atoms with Crippen molar-refractivity contribution in [3.63, 3.8) is 0 Å². The number of ether oxygens (including phenoxy) is 2. The summed E-state index contributed by atoms with van der Waals surface area (Å²) >= 11 is 0. The molecule has 4 heteroatoms. The van der Waals surface area contributed by atoms with E-state index in [0.29, 0.717) is 46.3 Å². The molecule has 0 heterocycles. The van der Waals surface area contributed by atoms with Crippen molar-refractivity contribution in [2.75, 3.05) is 14.2 Å². The van der Waals surface area contributed by atoms with Gasteiger partial charge in [0.2, 0.25) is 0 Å². The molecule has 20 heavy (non-hydrogen) atoms. The lowest BCUT2D eigenvalue weighted by Gasteiger charge is -2.44. The van der Waals surface area contributed by atoms with Gasteiger partial charge in [0.15, 0.2) is 0 Å². The van der Waals surface area contributed by atoms with Gasteiger partial charge < -0.3 is 9.47 Å². The SMILES string of the molecule is COC(=O)[C@@H]1C2[C@@H]3[C@@H]4C([C@@H]1C(=O)OC)[C@H]1[C@H]2C1(C)C34C. The molecule has 0 saturated heterocycles. The van der Waals surface area contributed by atoms with Crippen molar-refractivity contribution in [3.8, 4) is 0 Å². The number of fused-ring (bicyclic) bond motifs is 1. The van der Waals surface area contributed by atoms with Gasteiger partial charge in [0.05, 0.1) is 26.1 Å². The van der Waals surface area contributed by atoms with Crippen molar-refractivity contribution in [3.05, 3.63) is 0 Å². The first-order valence-electron chi connectivity index (χ1n) is 7.62. The third-order valence-electron chi connectivity index (χ3n) is 8.31. The number of hydrogen-bond acceptors (Lipinski definition) is 4. The van der Waals surface area contributed by atoms with E-state index in [-0.39, 0.29) is 23.8 Å². The molecule has 0 radical (unpaired) electrons. The van der Waals surface area contributed by atoms with E-state index >= 15 is 0 Å². The first kappa shape index (κ1) is 11.6. The Morgan fingerprint density at radius 3 is 1.30 bits per heavy atom. The second kappa shape index (κ2) is 2.79. The minimum atomic E-state index is -0.258. The highest BCUT2D eigenvalue weighted by Gasteiger charge is 3.01. The topological polar surface area (TPSA) is 52.6 Å². The third-order valence-corrected chi connectivity index (χ3v) is 8.31. The average molecular weight is 276 g/mol. The van der Waals surface area contributed by atoms with Crippen LogP contribution in [0.3, 0.4) is 0 Å². The van der Waals surface area contributed by atoms with Crippen LogP contribution in [0.4, 0.5) is 0 Å². The molecule has 6 fully saturated rings. The monoisotopic (exact) mass is 276 g/mol. The van der Waals surface area contributed by atoms with Crippen molar-refractivity contribution in [2.45, 2.75) is 13.8 Å². The van der Waals surface area contributed by atoms with Crippen LogP contribution in [-0.4, -0.2) is 26.2 Å². The molecule has 0 aromatic rings. The van der Waals surface area contributed by atoms with Crippen molar-refractivity contribution in [1.29, 1.82) is 0 Å². The van der Waals surface area contributed by atoms with Crippen LogP contribution in [0.2, 0.25) is 0 Å². The van der Waals surface area contributed by atoms with Gasteiger partial charge in [-0.3, -0.25) is 9.59 Å². The molecular weight excluding hydrogens is 256 g/mol.